The van der Waals surface area contributed by atoms with Crippen molar-refractivity contribution in [1.29, 1.82) is 0 Å². The lowest BCUT2D eigenvalue weighted by Gasteiger charge is -2.30. The van der Waals surface area contributed by atoms with Crippen LogP contribution in [0, 0.1) is 5.92 Å². The van der Waals surface area contributed by atoms with E-state index in [4.69, 9.17) is 32.7 Å². The summed E-state index contributed by atoms with van der Waals surface area (Å²) in [4.78, 5) is 71.7. The van der Waals surface area contributed by atoms with E-state index in [1.54, 1.807) is 32.9 Å². The van der Waals surface area contributed by atoms with Gasteiger partial charge >= 0.3 is 12.2 Å². The van der Waals surface area contributed by atoms with E-state index in [1.165, 1.54) is 21.9 Å². The van der Waals surface area contributed by atoms with Gasteiger partial charge in [0.2, 0.25) is 11.8 Å². The Morgan fingerprint density at radius 1 is 1.00 bits per heavy atom. The number of hydrogen-bond donors (Lipinski definition) is 3. The summed E-state index contributed by atoms with van der Waals surface area (Å²) in [5.74, 6) is -2.51. The topological polar surface area (TPSA) is 181 Å². The number of halogens is 2. The summed E-state index contributed by atoms with van der Waals surface area (Å²) in [6.45, 7) is 5.46. The zero-order valence-corrected chi connectivity index (χ0v) is 33.5. The summed E-state index contributed by atoms with van der Waals surface area (Å²) < 4.78 is 39.9. The van der Waals surface area contributed by atoms with E-state index >= 15 is 0 Å². The van der Waals surface area contributed by atoms with Crippen LogP contribution in [0.1, 0.15) is 89.7 Å². The molecule has 1 saturated carbocycles. The number of alkyl carbamates (subject to hydrolysis) is 1. The minimum Gasteiger partial charge on any atom is -0.444 e. The number of carbonyl (C=O) groups is 5. The van der Waals surface area contributed by atoms with Crippen molar-refractivity contribution in [2.75, 3.05) is 6.54 Å². The SMILES string of the molecule is CC(C)(C)OC(=O)NC1CCCCCCCC2CC2(C(=O)NS(=O)(=O)c2ccc(Cl)s2)NC(=O)C2CC(OC(=O)N3Cc4cccc(Cl)c4C3)CN2C1=O. The third-order valence-electron chi connectivity index (χ3n) is 10.2. The zero-order chi connectivity index (χ0) is 39.0. The maximum absolute atomic E-state index is 14.4. The molecular weight excluding hydrogens is 781 g/mol. The second-order valence-corrected chi connectivity index (χ2v) is 19.4. The summed E-state index contributed by atoms with van der Waals surface area (Å²) in [7, 11) is -4.30. The molecule has 5 unspecified atom stereocenters. The summed E-state index contributed by atoms with van der Waals surface area (Å²) in [6.07, 6.45) is 2.34. The van der Waals surface area contributed by atoms with Crippen LogP contribution in [0.4, 0.5) is 9.59 Å². The molecule has 14 nitrogen and oxygen atoms in total. The molecule has 3 fully saturated rings. The third-order valence-corrected chi connectivity index (χ3v) is 13.6. The lowest BCUT2D eigenvalue weighted by Crippen LogP contribution is -2.58. The van der Waals surface area contributed by atoms with Crippen molar-refractivity contribution in [2.24, 2.45) is 5.92 Å². The molecule has 3 aliphatic heterocycles. The van der Waals surface area contributed by atoms with Gasteiger partial charge < -0.3 is 25.0 Å². The molecule has 18 heteroatoms. The summed E-state index contributed by atoms with van der Waals surface area (Å²) in [5, 5.41) is 6.06. The third kappa shape index (κ3) is 9.09. The molecule has 5 atom stereocenters. The first-order valence-corrected chi connectivity index (χ1v) is 21.2. The number of thiophene rings is 1. The Labute approximate surface area is 328 Å². The minimum absolute atomic E-state index is 0.0988. The summed E-state index contributed by atoms with van der Waals surface area (Å²) in [5.41, 5.74) is -0.687. The highest BCUT2D eigenvalue weighted by molar-refractivity contribution is 7.92. The van der Waals surface area contributed by atoms with Gasteiger partial charge in [-0.1, -0.05) is 67.4 Å². The first kappa shape index (κ1) is 40.1. The Kier molecular flexibility index (Phi) is 11.8. The van der Waals surface area contributed by atoms with Gasteiger partial charge in [0, 0.05) is 18.0 Å². The van der Waals surface area contributed by atoms with Gasteiger partial charge in [0.05, 0.1) is 17.4 Å². The fourth-order valence-electron chi connectivity index (χ4n) is 7.45. The Morgan fingerprint density at radius 2 is 1.72 bits per heavy atom. The van der Waals surface area contributed by atoms with E-state index in [9.17, 15) is 32.4 Å². The molecule has 4 heterocycles. The van der Waals surface area contributed by atoms with Crippen LogP contribution >= 0.6 is 34.5 Å². The van der Waals surface area contributed by atoms with Crippen molar-refractivity contribution in [3.63, 3.8) is 0 Å². The van der Waals surface area contributed by atoms with Crippen LogP contribution in [0.2, 0.25) is 9.36 Å². The number of nitrogens with zero attached hydrogens (tertiary/aromatic N) is 2. The van der Waals surface area contributed by atoms with Crippen LogP contribution in [-0.2, 0) is 47.0 Å². The van der Waals surface area contributed by atoms with Gasteiger partial charge in [0.15, 0.2) is 0 Å². The predicted octanol–water partition coefficient (Wildman–Crippen LogP) is 5.49. The lowest BCUT2D eigenvalue weighted by atomic mass is 10.0. The van der Waals surface area contributed by atoms with Crippen LogP contribution < -0.4 is 15.4 Å². The number of amides is 5. The fraction of sp³-hybridized carbons (Fsp3) is 0.583. The molecule has 294 valence electrons. The number of carbonyl (C=O) groups excluding carboxylic acids is 5. The molecule has 0 bridgehead atoms. The molecule has 4 aliphatic rings. The van der Waals surface area contributed by atoms with Crippen LogP contribution in [-0.4, -0.2) is 84.0 Å². The standard InChI is InChI=1S/C36H45Cl2N5O9S2/c1-35(2,3)52-33(47)39-26-13-8-6-4-5-7-11-22-17-36(22,32(46)41-54(49,50)29-15-14-28(38)53-29)40-30(44)27-16-23(19-43(27)31(26)45)51-34(48)42-18-21-10-9-12-25(37)24(21)20-42/h9-10,12,14-15,22-23,26-27H,4-8,11,13,16-20H2,1-3H3,(H,39,47)(H,40,44)(H,41,46). The zero-order valence-electron chi connectivity index (χ0n) is 30.3. The van der Waals surface area contributed by atoms with E-state index in [0.29, 0.717) is 17.9 Å². The van der Waals surface area contributed by atoms with Gasteiger partial charge in [-0.15, -0.1) is 11.3 Å². The van der Waals surface area contributed by atoms with E-state index < -0.39 is 69.3 Å². The molecule has 6 rings (SSSR count). The largest absolute Gasteiger partial charge is 0.444 e. The Balaban J connectivity index is 1.26. The van der Waals surface area contributed by atoms with E-state index in [0.717, 1.165) is 48.1 Å². The maximum atomic E-state index is 14.4. The van der Waals surface area contributed by atoms with Crippen molar-refractivity contribution in [2.45, 2.75) is 125 Å². The summed E-state index contributed by atoms with van der Waals surface area (Å²) >= 11 is 13.1. The molecule has 1 aromatic carbocycles. The first-order chi connectivity index (χ1) is 25.5. The molecule has 1 aliphatic carbocycles. The van der Waals surface area contributed by atoms with Crippen LogP contribution in [0.15, 0.2) is 34.5 Å². The summed E-state index contributed by atoms with van der Waals surface area (Å²) in [6, 6.07) is 5.85. The monoisotopic (exact) mass is 825 g/mol. The minimum atomic E-state index is -4.30. The number of nitrogens with one attached hydrogen (secondary N) is 3. The second kappa shape index (κ2) is 15.9. The quantitative estimate of drug-likeness (QED) is 0.351. The van der Waals surface area contributed by atoms with Gasteiger partial charge in [0.25, 0.3) is 15.9 Å². The highest BCUT2D eigenvalue weighted by Gasteiger charge is 2.62. The fourth-order valence-corrected chi connectivity index (χ4v) is 10.2. The van der Waals surface area contributed by atoms with Crippen molar-refractivity contribution in [3.8, 4) is 0 Å². The Bertz CT molecular complexity index is 1920. The van der Waals surface area contributed by atoms with E-state index in [-0.39, 0.29) is 53.4 Å². The smallest absolute Gasteiger partial charge is 0.410 e. The molecule has 2 saturated heterocycles. The van der Waals surface area contributed by atoms with Gasteiger partial charge in [0.1, 0.15) is 33.5 Å². The molecule has 2 aromatic rings. The van der Waals surface area contributed by atoms with Gasteiger partial charge in [-0.3, -0.25) is 19.3 Å². The van der Waals surface area contributed by atoms with Gasteiger partial charge in [-0.05, 0) is 75.3 Å². The Hall–Kier alpha value is -3.60. The van der Waals surface area contributed by atoms with Gasteiger partial charge in [-0.2, -0.15) is 0 Å². The second-order valence-electron chi connectivity index (χ2n) is 15.4. The molecule has 54 heavy (non-hydrogen) atoms. The number of benzene rings is 1. The number of sulfonamides is 1. The van der Waals surface area contributed by atoms with Crippen molar-refractivity contribution in [1.82, 2.24) is 25.2 Å². The number of hydrogen-bond acceptors (Lipinski definition) is 10. The number of ether oxygens (including phenoxy) is 2. The van der Waals surface area contributed by atoms with Crippen molar-refractivity contribution in [3.05, 3.63) is 50.8 Å². The lowest BCUT2D eigenvalue weighted by molar-refractivity contribution is -0.141. The first-order valence-electron chi connectivity index (χ1n) is 18.1. The molecule has 0 spiro atoms. The highest BCUT2D eigenvalue weighted by Crippen LogP contribution is 2.48. The average molecular weight is 827 g/mol. The highest BCUT2D eigenvalue weighted by atomic mass is 35.5. The van der Waals surface area contributed by atoms with E-state index in [1.807, 2.05) is 6.07 Å². The maximum Gasteiger partial charge on any atom is 0.410 e. The van der Waals surface area contributed by atoms with Crippen molar-refractivity contribution < 1.29 is 41.9 Å². The van der Waals surface area contributed by atoms with Crippen LogP contribution in [0.25, 0.3) is 0 Å². The predicted molar refractivity (Wildman–Crippen MR) is 200 cm³/mol. The molecule has 1 aromatic heterocycles. The van der Waals surface area contributed by atoms with Crippen LogP contribution in [0.5, 0.6) is 0 Å². The molecular formula is C36H45Cl2N5O9S2. The normalized spacial score (nSPS) is 26.3. The molecule has 5 amide bonds. The molecule has 0 radical (unpaired) electrons. The van der Waals surface area contributed by atoms with E-state index in [2.05, 4.69) is 15.4 Å². The molecule has 3 N–H and O–H groups in total. The number of fused-ring (bicyclic) bond motifs is 3. The van der Waals surface area contributed by atoms with Gasteiger partial charge in [-0.25, -0.2) is 22.7 Å². The van der Waals surface area contributed by atoms with Crippen LogP contribution in [0.3, 0.4) is 0 Å². The Morgan fingerprint density at radius 3 is 2.41 bits per heavy atom. The average Bonchev–Trinajstić information content (AvgIpc) is 3.46. The van der Waals surface area contributed by atoms with Crippen molar-refractivity contribution >= 4 is 74.5 Å². The number of rotatable bonds is 5.